The van der Waals surface area contributed by atoms with Crippen LogP contribution < -0.4 is 10.2 Å². The number of ether oxygens (including phenoxy) is 1. The number of hydrogen-bond acceptors (Lipinski definition) is 6. The van der Waals surface area contributed by atoms with Crippen LogP contribution in [0.3, 0.4) is 0 Å². The Morgan fingerprint density at radius 1 is 1.07 bits per heavy atom. The zero-order chi connectivity index (χ0) is 20.2. The molecule has 1 N–H and O–H groups in total. The van der Waals surface area contributed by atoms with Crippen molar-refractivity contribution in [3.8, 4) is 0 Å². The first kappa shape index (κ1) is 19.1. The molecule has 2 aromatic rings. The summed E-state index contributed by atoms with van der Waals surface area (Å²) in [4.78, 5) is 44.6. The van der Waals surface area contributed by atoms with Gasteiger partial charge in [0.2, 0.25) is 5.91 Å². The molecule has 3 amide bonds. The number of imide groups is 1. The van der Waals surface area contributed by atoms with Gasteiger partial charge in [-0.3, -0.25) is 19.3 Å². The number of benzene rings is 1. The Balaban J connectivity index is 1.29. The molecule has 1 fully saturated rings. The molecule has 0 radical (unpaired) electrons. The second kappa shape index (κ2) is 8.40. The molecule has 1 saturated heterocycles. The maximum absolute atomic E-state index is 12.3. The van der Waals surface area contributed by atoms with Crippen molar-refractivity contribution in [2.45, 2.75) is 13.0 Å². The fourth-order valence-electron chi connectivity index (χ4n) is 3.48. The Labute approximate surface area is 168 Å². The first-order valence-corrected chi connectivity index (χ1v) is 9.63. The largest absolute Gasteiger partial charge is 0.378 e. The van der Waals surface area contributed by atoms with E-state index in [1.807, 2.05) is 12.1 Å². The predicted molar refractivity (Wildman–Crippen MR) is 106 cm³/mol. The Hall–Kier alpha value is -3.26. The molecule has 1 aromatic heterocycles. The van der Waals surface area contributed by atoms with E-state index in [2.05, 4.69) is 15.2 Å². The Bertz CT molecular complexity index is 905. The number of aromatic nitrogens is 1. The molecular formula is C21H22N4O4. The van der Waals surface area contributed by atoms with Crippen molar-refractivity contribution < 1.29 is 19.1 Å². The lowest BCUT2D eigenvalue weighted by Gasteiger charge is -2.28. The second-order valence-electron chi connectivity index (χ2n) is 6.96. The lowest BCUT2D eigenvalue weighted by atomic mass is 10.1. The Morgan fingerprint density at radius 3 is 2.45 bits per heavy atom. The summed E-state index contributed by atoms with van der Waals surface area (Å²) in [6.45, 7) is 3.38. The van der Waals surface area contributed by atoms with Gasteiger partial charge in [0.05, 0.1) is 24.3 Å². The molecule has 150 valence electrons. The zero-order valence-electron chi connectivity index (χ0n) is 16.0. The van der Waals surface area contributed by atoms with Crippen molar-refractivity contribution in [1.29, 1.82) is 0 Å². The minimum Gasteiger partial charge on any atom is -0.378 e. The molecule has 8 nitrogen and oxygen atoms in total. The number of fused-ring (bicyclic) bond motifs is 1. The first-order chi connectivity index (χ1) is 14.1. The minimum atomic E-state index is -0.345. The van der Waals surface area contributed by atoms with E-state index in [-0.39, 0.29) is 30.7 Å². The topological polar surface area (TPSA) is 91.8 Å². The molecular weight excluding hydrogens is 372 g/mol. The quantitative estimate of drug-likeness (QED) is 0.741. The van der Waals surface area contributed by atoms with Crippen LogP contribution in [0.5, 0.6) is 0 Å². The highest BCUT2D eigenvalue weighted by Gasteiger charge is 2.34. The smallest absolute Gasteiger partial charge is 0.261 e. The third kappa shape index (κ3) is 4.12. The molecule has 0 bridgehead atoms. The maximum Gasteiger partial charge on any atom is 0.261 e. The number of nitrogens with one attached hydrogen (secondary N) is 1. The molecule has 0 aliphatic carbocycles. The Morgan fingerprint density at radius 2 is 1.76 bits per heavy atom. The molecule has 0 saturated carbocycles. The lowest BCUT2D eigenvalue weighted by Crippen LogP contribution is -2.37. The number of carbonyl (C=O) groups is 3. The summed E-state index contributed by atoms with van der Waals surface area (Å²) in [6.07, 6.45) is 1.79. The summed E-state index contributed by atoms with van der Waals surface area (Å²) in [5.74, 6) is -0.0391. The highest BCUT2D eigenvalue weighted by molar-refractivity contribution is 6.21. The SMILES string of the molecule is O=C(CCN1C(=O)c2ccccc2C1=O)NCc1ccnc(N2CCOCC2)c1. The van der Waals surface area contributed by atoms with Crippen molar-refractivity contribution in [3.05, 3.63) is 59.3 Å². The van der Waals surface area contributed by atoms with Crippen molar-refractivity contribution in [1.82, 2.24) is 15.2 Å². The summed E-state index contributed by atoms with van der Waals surface area (Å²) >= 11 is 0. The molecule has 0 unspecified atom stereocenters. The number of pyridine rings is 1. The van der Waals surface area contributed by atoms with Gasteiger partial charge in [0, 0.05) is 38.8 Å². The van der Waals surface area contributed by atoms with E-state index < -0.39 is 0 Å². The molecule has 2 aliphatic heterocycles. The fourth-order valence-corrected chi connectivity index (χ4v) is 3.48. The van der Waals surface area contributed by atoms with E-state index in [1.165, 1.54) is 0 Å². The van der Waals surface area contributed by atoms with Gasteiger partial charge in [0.15, 0.2) is 0 Å². The average Bonchev–Trinajstić information content (AvgIpc) is 3.02. The van der Waals surface area contributed by atoms with Crippen LogP contribution in [0.4, 0.5) is 5.82 Å². The van der Waals surface area contributed by atoms with Crippen molar-refractivity contribution in [3.63, 3.8) is 0 Å². The van der Waals surface area contributed by atoms with E-state index in [9.17, 15) is 14.4 Å². The van der Waals surface area contributed by atoms with Crippen molar-refractivity contribution >= 4 is 23.5 Å². The summed E-state index contributed by atoms with van der Waals surface area (Å²) in [6, 6.07) is 10.5. The van der Waals surface area contributed by atoms with Crippen LogP contribution >= 0.6 is 0 Å². The number of hydrogen-bond donors (Lipinski definition) is 1. The second-order valence-corrected chi connectivity index (χ2v) is 6.96. The number of anilines is 1. The lowest BCUT2D eigenvalue weighted by molar-refractivity contribution is -0.121. The summed E-state index contributed by atoms with van der Waals surface area (Å²) in [7, 11) is 0. The van der Waals surface area contributed by atoms with Crippen LogP contribution in [0, 0.1) is 0 Å². The molecule has 2 aliphatic rings. The van der Waals surface area contributed by atoms with Crippen molar-refractivity contribution in [2.75, 3.05) is 37.7 Å². The molecule has 0 atom stereocenters. The minimum absolute atomic E-state index is 0.0624. The third-order valence-electron chi connectivity index (χ3n) is 5.08. The van der Waals surface area contributed by atoms with Gasteiger partial charge in [-0.2, -0.15) is 0 Å². The standard InChI is InChI=1S/C21H22N4O4/c26-19(6-8-25-20(27)16-3-1-2-4-17(16)21(25)28)23-14-15-5-7-22-18(13-15)24-9-11-29-12-10-24/h1-5,7,13H,6,8-12,14H2,(H,23,26). The number of rotatable bonds is 6. The molecule has 0 spiro atoms. The Kier molecular flexibility index (Phi) is 5.53. The van der Waals surface area contributed by atoms with Gasteiger partial charge >= 0.3 is 0 Å². The molecule has 29 heavy (non-hydrogen) atoms. The van der Waals surface area contributed by atoms with E-state index in [0.29, 0.717) is 30.9 Å². The maximum atomic E-state index is 12.3. The number of amides is 3. The summed E-state index contributed by atoms with van der Waals surface area (Å²) in [5.41, 5.74) is 1.73. The van der Waals surface area contributed by atoms with Gasteiger partial charge in [-0.25, -0.2) is 4.98 Å². The number of morpholine rings is 1. The first-order valence-electron chi connectivity index (χ1n) is 9.63. The van der Waals surface area contributed by atoms with E-state index in [1.54, 1.807) is 30.5 Å². The van der Waals surface area contributed by atoms with Crippen molar-refractivity contribution in [2.24, 2.45) is 0 Å². The molecule has 3 heterocycles. The van der Waals surface area contributed by atoms with Gasteiger partial charge in [0.1, 0.15) is 5.82 Å². The molecule has 4 rings (SSSR count). The molecule has 1 aromatic carbocycles. The van der Waals surface area contributed by atoms with Crippen LogP contribution in [0.1, 0.15) is 32.7 Å². The van der Waals surface area contributed by atoms with Crippen LogP contribution in [0.2, 0.25) is 0 Å². The van der Waals surface area contributed by atoms with E-state index >= 15 is 0 Å². The van der Waals surface area contributed by atoms with Gasteiger partial charge in [0.25, 0.3) is 11.8 Å². The van der Waals surface area contributed by atoms with Gasteiger partial charge in [-0.15, -0.1) is 0 Å². The van der Waals surface area contributed by atoms with Gasteiger partial charge in [-0.1, -0.05) is 12.1 Å². The van der Waals surface area contributed by atoms with E-state index in [4.69, 9.17) is 4.74 Å². The molecule has 8 heteroatoms. The van der Waals surface area contributed by atoms with E-state index in [0.717, 1.165) is 29.4 Å². The summed E-state index contributed by atoms with van der Waals surface area (Å²) < 4.78 is 5.36. The highest BCUT2D eigenvalue weighted by Crippen LogP contribution is 2.22. The number of nitrogens with zero attached hydrogens (tertiary/aromatic N) is 3. The normalized spacial score (nSPS) is 16.1. The fraction of sp³-hybridized carbons (Fsp3) is 0.333. The monoisotopic (exact) mass is 394 g/mol. The van der Waals surface area contributed by atoms with Crippen LogP contribution in [-0.2, 0) is 16.1 Å². The zero-order valence-corrected chi connectivity index (χ0v) is 16.0. The van der Waals surface area contributed by atoms with Gasteiger partial charge in [-0.05, 0) is 29.8 Å². The van der Waals surface area contributed by atoms with Gasteiger partial charge < -0.3 is 15.0 Å². The van der Waals surface area contributed by atoms with Crippen LogP contribution in [0.25, 0.3) is 0 Å². The third-order valence-corrected chi connectivity index (χ3v) is 5.08. The average molecular weight is 394 g/mol. The summed E-state index contributed by atoms with van der Waals surface area (Å²) in [5, 5.41) is 2.84. The van der Waals surface area contributed by atoms with Crippen LogP contribution in [-0.4, -0.2) is 60.5 Å². The van der Waals surface area contributed by atoms with Crippen LogP contribution in [0.15, 0.2) is 42.6 Å². The predicted octanol–water partition coefficient (Wildman–Crippen LogP) is 1.22. The highest BCUT2D eigenvalue weighted by atomic mass is 16.5. The number of carbonyl (C=O) groups excluding carboxylic acids is 3.